The van der Waals surface area contributed by atoms with Gasteiger partial charge in [0.1, 0.15) is 0 Å². The van der Waals surface area contributed by atoms with Crippen molar-refractivity contribution in [3.05, 3.63) is 0 Å². The predicted molar refractivity (Wildman–Crippen MR) is 57.6 cm³/mol. The molecule has 88 valence electrons. The number of ether oxygens (including phenoxy) is 2. The summed E-state index contributed by atoms with van der Waals surface area (Å²) in [5.74, 6) is -0.178. The molecule has 1 unspecified atom stereocenters. The zero-order valence-corrected chi connectivity index (χ0v) is 9.84. The molecule has 1 aliphatic heterocycles. The third-order valence-corrected chi connectivity index (χ3v) is 2.70. The second kappa shape index (κ2) is 5.47. The zero-order valence-electron chi connectivity index (χ0n) is 9.84. The van der Waals surface area contributed by atoms with E-state index in [1.54, 1.807) is 0 Å². The van der Waals surface area contributed by atoms with Gasteiger partial charge < -0.3 is 14.8 Å². The molecule has 1 fully saturated rings. The van der Waals surface area contributed by atoms with Gasteiger partial charge in [0.05, 0.1) is 18.6 Å². The summed E-state index contributed by atoms with van der Waals surface area (Å²) >= 11 is 0. The van der Waals surface area contributed by atoms with Crippen LogP contribution in [0.1, 0.15) is 26.7 Å². The van der Waals surface area contributed by atoms with E-state index in [4.69, 9.17) is 9.47 Å². The second-order valence-electron chi connectivity index (χ2n) is 4.64. The van der Waals surface area contributed by atoms with Crippen LogP contribution in [0.2, 0.25) is 0 Å². The molecule has 1 saturated heterocycles. The Bertz CT molecular complexity index is 210. The summed E-state index contributed by atoms with van der Waals surface area (Å²) in [4.78, 5) is 11.4. The molecule has 0 bridgehead atoms. The van der Waals surface area contributed by atoms with Gasteiger partial charge in [0.15, 0.2) is 0 Å². The zero-order chi connectivity index (χ0) is 11.3. The molecule has 0 radical (unpaired) electrons. The van der Waals surface area contributed by atoms with Gasteiger partial charge in [-0.3, -0.25) is 4.79 Å². The number of carbonyl (C=O) groups excluding carboxylic acids is 1. The Kier molecular flexibility index (Phi) is 4.54. The second-order valence-corrected chi connectivity index (χ2v) is 4.64. The minimum Gasteiger partial charge on any atom is -0.469 e. The molecule has 1 heterocycles. The van der Waals surface area contributed by atoms with E-state index in [1.165, 1.54) is 7.11 Å². The van der Waals surface area contributed by atoms with Gasteiger partial charge in [-0.2, -0.15) is 0 Å². The van der Waals surface area contributed by atoms with Crippen LogP contribution in [0, 0.1) is 5.41 Å². The van der Waals surface area contributed by atoms with E-state index < -0.39 is 5.41 Å². The van der Waals surface area contributed by atoms with E-state index in [0.29, 0.717) is 12.6 Å². The van der Waals surface area contributed by atoms with Gasteiger partial charge >= 0.3 is 5.97 Å². The number of carbonyl (C=O) groups is 1. The van der Waals surface area contributed by atoms with Gasteiger partial charge in [0.25, 0.3) is 0 Å². The highest BCUT2D eigenvalue weighted by atomic mass is 16.5. The molecule has 1 rings (SSSR count). The molecule has 0 spiro atoms. The number of esters is 1. The first-order chi connectivity index (χ1) is 7.06. The van der Waals surface area contributed by atoms with Crippen LogP contribution in [0.4, 0.5) is 0 Å². The van der Waals surface area contributed by atoms with Crippen LogP contribution >= 0.6 is 0 Å². The molecule has 1 N–H and O–H groups in total. The quantitative estimate of drug-likeness (QED) is 0.694. The van der Waals surface area contributed by atoms with Gasteiger partial charge in [-0.25, -0.2) is 0 Å². The normalized spacial score (nSPS) is 21.7. The third kappa shape index (κ3) is 3.80. The van der Waals surface area contributed by atoms with E-state index >= 15 is 0 Å². The molecule has 0 aliphatic carbocycles. The van der Waals surface area contributed by atoms with E-state index in [-0.39, 0.29) is 5.97 Å². The number of hydrogen-bond acceptors (Lipinski definition) is 4. The molecule has 0 aromatic carbocycles. The number of methoxy groups -OCH3 is 1. The molecule has 1 atom stereocenters. The van der Waals surface area contributed by atoms with Gasteiger partial charge in [-0.05, 0) is 26.7 Å². The van der Waals surface area contributed by atoms with Crippen LogP contribution in [0.25, 0.3) is 0 Å². The van der Waals surface area contributed by atoms with Crippen molar-refractivity contribution in [3.8, 4) is 0 Å². The maximum atomic E-state index is 11.4. The van der Waals surface area contributed by atoms with E-state index in [1.807, 2.05) is 13.8 Å². The monoisotopic (exact) mass is 215 g/mol. The van der Waals surface area contributed by atoms with Gasteiger partial charge in [-0.15, -0.1) is 0 Å². The van der Waals surface area contributed by atoms with Crippen LogP contribution in [0.3, 0.4) is 0 Å². The van der Waals surface area contributed by atoms with Crippen molar-refractivity contribution in [2.24, 2.45) is 5.41 Å². The van der Waals surface area contributed by atoms with Crippen molar-refractivity contribution in [3.63, 3.8) is 0 Å². The van der Waals surface area contributed by atoms with Crippen molar-refractivity contribution < 1.29 is 14.3 Å². The Labute approximate surface area is 91.3 Å². The highest BCUT2D eigenvalue weighted by molar-refractivity contribution is 5.76. The average molecular weight is 215 g/mol. The highest BCUT2D eigenvalue weighted by Gasteiger charge is 2.28. The van der Waals surface area contributed by atoms with Crippen LogP contribution < -0.4 is 5.32 Å². The smallest absolute Gasteiger partial charge is 0.312 e. The first-order valence-corrected chi connectivity index (χ1v) is 5.47. The molecular formula is C11H21NO3. The van der Waals surface area contributed by atoms with Crippen molar-refractivity contribution in [2.75, 3.05) is 26.8 Å². The summed E-state index contributed by atoms with van der Waals surface area (Å²) in [5.41, 5.74) is -0.465. The summed E-state index contributed by atoms with van der Waals surface area (Å²) in [6.07, 6.45) is 2.58. The average Bonchev–Trinajstić information content (AvgIpc) is 2.69. The fraction of sp³-hybridized carbons (Fsp3) is 0.909. The Hall–Kier alpha value is -0.610. The fourth-order valence-electron chi connectivity index (χ4n) is 1.70. The molecule has 1 aliphatic rings. The Balaban J connectivity index is 2.20. The molecule has 4 nitrogen and oxygen atoms in total. The lowest BCUT2D eigenvalue weighted by Gasteiger charge is -2.22. The van der Waals surface area contributed by atoms with Gasteiger partial charge in [0, 0.05) is 19.7 Å². The Morgan fingerprint density at radius 2 is 2.33 bits per heavy atom. The minimum atomic E-state index is -0.465. The lowest BCUT2D eigenvalue weighted by Crippen LogP contribution is -2.39. The van der Waals surface area contributed by atoms with E-state index in [0.717, 1.165) is 26.0 Å². The third-order valence-electron chi connectivity index (χ3n) is 2.70. The first kappa shape index (κ1) is 12.5. The van der Waals surface area contributed by atoms with Crippen molar-refractivity contribution in [2.45, 2.75) is 32.8 Å². The fourth-order valence-corrected chi connectivity index (χ4v) is 1.70. The minimum absolute atomic E-state index is 0.178. The van der Waals surface area contributed by atoms with Crippen molar-refractivity contribution >= 4 is 5.97 Å². The molecule has 15 heavy (non-hydrogen) atoms. The SMILES string of the molecule is COC(=O)C(C)(C)CNCC1CCCO1. The summed E-state index contributed by atoms with van der Waals surface area (Å²) in [6.45, 7) is 6.06. The standard InChI is InChI=1S/C11H21NO3/c1-11(2,10(13)14-3)8-12-7-9-5-4-6-15-9/h9,12H,4-8H2,1-3H3. The van der Waals surface area contributed by atoms with Crippen molar-refractivity contribution in [1.29, 1.82) is 0 Å². The van der Waals surface area contributed by atoms with Crippen LogP contribution in [-0.4, -0.2) is 38.9 Å². The first-order valence-electron chi connectivity index (χ1n) is 5.47. The molecule has 0 saturated carbocycles. The molecule has 0 amide bonds. The molecule has 0 aromatic rings. The highest BCUT2D eigenvalue weighted by Crippen LogP contribution is 2.16. The van der Waals surface area contributed by atoms with E-state index in [2.05, 4.69) is 5.32 Å². The summed E-state index contributed by atoms with van der Waals surface area (Å²) in [6, 6.07) is 0. The predicted octanol–water partition coefficient (Wildman–Crippen LogP) is 0.954. The van der Waals surface area contributed by atoms with Gasteiger partial charge in [-0.1, -0.05) is 0 Å². The van der Waals surface area contributed by atoms with Crippen molar-refractivity contribution in [1.82, 2.24) is 5.32 Å². The number of nitrogens with one attached hydrogen (secondary N) is 1. The maximum Gasteiger partial charge on any atom is 0.312 e. The lowest BCUT2D eigenvalue weighted by molar-refractivity contribution is -0.150. The Morgan fingerprint density at radius 1 is 1.60 bits per heavy atom. The summed E-state index contributed by atoms with van der Waals surface area (Å²) in [7, 11) is 1.42. The van der Waals surface area contributed by atoms with Crippen LogP contribution in [0.5, 0.6) is 0 Å². The maximum absolute atomic E-state index is 11.4. The van der Waals surface area contributed by atoms with Gasteiger partial charge in [0.2, 0.25) is 0 Å². The summed E-state index contributed by atoms with van der Waals surface area (Å²) < 4.78 is 10.2. The van der Waals surface area contributed by atoms with Crippen LogP contribution in [-0.2, 0) is 14.3 Å². The largest absolute Gasteiger partial charge is 0.469 e. The molecular weight excluding hydrogens is 194 g/mol. The Morgan fingerprint density at radius 3 is 2.87 bits per heavy atom. The molecule has 4 heteroatoms. The number of rotatable bonds is 5. The summed E-state index contributed by atoms with van der Waals surface area (Å²) in [5, 5.41) is 3.26. The molecule has 0 aromatic heterocycles. The van der Waals surface area contributed by atoms with E-state index in [9.17, 15) is 4.79 Å². The number of hydrogen-bond donors (Lipinski definition) is 1. The van der Waals surface area contributed by atoms with Crippen LogP contribution in [0.15, 0.2) is 0 Å². The topological polar surface area (TPSA) is 47.6 Å². The lowest BCUT2D eigenvalue weighted by atomic mass is 9.94.